The zero-order valence-corrected chi connectivity index (χ0v) is 16.8. The summed E-state index contributed by atoms with van der Waals surface area (Å²) in [5, 5.41) is 0.275. The molecule has 8 heteroatoms. The summed E-state index contributed by atoms with van der Waals surface area (Å²) >= 11 is 1.67. The number of benzene rings is 1. The number of fused-ring (bicyclic) bond motifs is 1. The molecule has 2 aromatic rings. The van der Waals surface area contributed by atoms with Crippen LogP contribution in [0.2, 0.25) is 0 Å². The number of rotatable bonds is 4. The van der Waals surface area contributed by atoms with Crippen LogP contribution < -0.4 is 9.62 Å². The minimum Gasteiger partial charge on any atom is -0.310 e. The van der Waals surface area contributed by atoms with Crippen molar-refractivity contribution in [3.63, 3.8) is 0 Å². The van der Waals surface area contributed by atoms with Crippen LogP contribution in [0.3, 0.4) is 0 Å². The first-order valence-corrected chi connectivity index (χ1v) is 11.3. The van der Waals surface area contributed by atoms with Crippen molar-refractivity contribution >= 4 is 39.2 Å². The quantitative estimate of drug-likeness (QED) is 0.846. The molecule has 1 aromatic carbocycles. The van der Waals surface area contributed by atoms with Crippen molar-refractivity contribution in [3.8, 4) is 0 Å². The molecule has 1 fully saturated rings. The largest absolute Gasteiger partial charge is 0.310 e. The fraction of sp³-hybridized carbons (Fsp3) is 0.368. The van der Waals surface area contributed by atoms with Crippen molar-refractivity contribution in [2.75, 3.05) is 16.2 Å². The Balaban J connectivity index is 1.68. The molecule has 0 spiro atoms. The van der Waals surface area contributed by atoms with E-state index in [4.69, 9.17) is 0 Å². The molecule has 1 aliphatic heterocycles. The van der Waals surface area contributed by atoms with Crippen LogP contribution in [-0.4, -0.2) is 31.1 Å². The lowest BCUT2D eigenvalue weighted by atomic mass is 10.2. The molecule has 1 unspecified atom stereocenters. The third-order valence-electron chi connectivity index (χ3n) is 4.65. The van der Waals surface area contributed by atoms with E-state index in [1.807, 2.05) is 6.92 Å². The number of carbonyl (C=O) groups excluding carboxylic acids is 1. The molecule has 1 aliphatic carbocycles. The number of nitrogens with zero attached hydrogens (tertiary/aromatic N) is 2. The highest BCUT2D eigenvalue weighted by atomic mass is 32.2. The van der Waals surface area contributed by atoms with Gasteiger partial charge in [-0.15, -0.1) is 11.8 Å². The summed E-state index contributed by atoms with van der Waals surface area (Å²) < 4.78 is 28.2. The number of aromatic nitrogens is 1. The van der Waals surface area contributed by atoms with Gasteiger partial charge in [-0.2, -0.15) is 0 Å². The predicted molar refractivity (Wildman–Crippen MR) is 107 cm³/mol. The molecule has 1 aromatic heterocycles. The van der Waals surface area contributed by atoms with Crippen molar-refractivity contribution in [2.24, 2.45) is 5.92 Å². The molecule has 4 rings (SSSR count). The van der Waals surface area contributed by atoms with Crippen molar-refractivity contribution in [1.29, 1.82) is 0 Å². The van der Waals surface area contributed by atoms with Crippen molar-refractivity contribution in [3.05, 3.63) is 42.1 Å². The highest BCUT2D eigenvalue weighted by molar-refractivity contribution is 8.00. The molecule has 1 atom stereocenters. The number of sulfonamides is 1. The van der Waals surface area contributed by atoms with Gasteiger partial charge in [-0.25, -0.2) is 13.4 Å². The number of pyridine rings is 1. The zero-order valence-electron chi connectivity index (χ0n) is 15.2. The summed E-state index contributed by atoms with van der Waals surface area (Å²) in [5.41, 5.74) is 1.61. The van der Waals surface area contributed by atoms with E-state index in [1.165, 1.54) is 0 Å². The Morgan fingerprint density at radius 1 is 1.26 bits per heavy atom. The van der Waals surface area contributed by atoms with Gasteiger partial charge in [0.2, 0.25) is 5.91 Å². The first-order chi connectivity index (χ1) is 12.8. The van der Waals surface area contributed by atoms with Crippen molar-refractivity contribution in [1.82, 2.24) is 4.98 Å². The summed E-state index contributed by atoms with van der Waals surface area (Å²) in [6.45, 7) is 4.55. The zero-order chi connectivity index (χ0) is 19.2. The maximum Gasteiger partial charge on any atom is 0.263 e. The molecule has 1 amide bonds. The molecular formula is C19H21N3O3S2. The fourth-order valence-electron chi connectivity index (χ4n) is 3.13. The molecule has 142 valence electrons. The summed E-state index contributed by atoms with van der Waals surface area (Å²) in [6.07, 6.45) is 3.41. The molecule has 0 radical (unpaired) electrons. The number of hydrogen-bond donors (Lipinski definition) is 1. The van der Waals surface area contributed by atoms with Crippen LogP contribution in [0.4, 0.5) is 11.5 Å². The molecular weight excluding hydrogens is 382 g/mol. The Kier molecular flexibility index (Phi) is 4.63. The van der Waals surface area contributed by atoms with Crippen LogP contribution in [0.15, 0.2) is 46.3 Å². The van der Waals surface area contributed by atoms with Gasteiger partial charge in [0, 0.05) is 28.8 Å². The Hall–Kier alpha value is -2.06. The lowest BCUT2D eigenvalue weighted by Gasteiger charge is -2.33. The lowest BCUT2D eigenvalue weighted by molar-refractivity contribution is -0.119. The third-order valence-corrected chi connectivity index (χ3v) is 7.15. The van der Waals surface area contributed by atoms with E-state index >= 15 is 0 Å². The summed E-state index contributed by atoms with van der Waals surface area (Å²) in [5.74, 6) is 0.468. The molecule has 0 bridgehead atoms. The first kappa shape index (κ1) is 18.3. The second-order valence-electron chi connectivity index (χ2n) is 7.11. The average molecular weight is 404 g/mol. The lowest BCUT2D eigenvalue weighted by Crippen LogP contribution is -2.39. The van der Waals surface area contributed by atoms with E-state index < -0.39 is 10.0 Å². The number of amides is 1. The summed E-state index contributed by atoms with van der Waals surface area (Å²) in [4.78, 5) is 19.6. The second-order valence-corrected chi connectivity index (χ2v) is 10.3. The molecule has 2 aliphatic rings. The van der Waals surface area contributed by atoms with Crippen LogP contribution in [0.5, 0.6) is 0 Å². The number of nitrogens with one attached hydrogen (secondary N) is 1. The van der Waals surface area contributed by atoms with Crippen LogP contribution in [-0.2, 0) is 14.8 Å². The smallest absolute Gasteiger partial charge is 0.263 e. The van der Waals surface area contributed by atoms with Gasteiger partial charge in [0.25, 0.3) is 10.0 Å². The predicted octanol–water partition coefficient (Wildman–Crippen LogP) is 3.43. The van der Waals surface area contributed by atoms with Gasteiger partial charge in [-0.3, -0.25) is 9.52 Å². The average Bonchev–Trinajstić information content (AvgIpc) is 3.44. The number of thioether (sulfide) groups is 1. The van der Waals surface area contributed by atoms with Gasteiger partial charge in [-0.05, 0) is 55.7 Å². The molecule has 6 nitrogen and oxygen atoms in total. The SMILES string of the molecule is Cc1ccnc(NS(=O)(=O)c2ccc3c(c2)N(C(=O)C2CC2)CC(C)S3)c1. The van der Waals surface area contributed by atoms with Crippen LogP contribution in [0.25, 0.3) is 0 Å². The number of hydrogen-bond acceptors (Lipinski definition) is 5. The normalized spacial score (nSPS) is 19.5. The second kappa shape index (κ2) is 6.83. The highest BCUT2D eigenvalue weighted by Crippen LogP contribution is 2.42. The highest BCUT2D eigenvalue weighted by Gasteiger charge is 2.37. The first-order valence-electron chi connectivity index (χ1n) is 8.91. The number of carbonyl (C=O) groups is 1. The van der Waals surface area contributed by atoms with Crippen LogP contribution >= 0.6 is 11.8 Å². The molecule has 0 saturated heterocycles. The van der Waals surface area contributed by atoms with Gasteiger partial charge in [0.1, 0.15) is 5.82 Å². The van der Waals surface area contributed by atoms with Gasteiger partial charge in [-0.1, -0.05) is 6.92 Å². The fourth-order valence-corrected chi connectivity index (χ4v) is 5.24. The van der Waals surface area contributed by atoms with E-state index in [1.54, 1.807) is 53.2 Å². The molecule has 1 N–H and O–H groups in total. The van der Waals surface area contributed by atoms with E-state index in [0.717, 1.165) is 23.3 Å². The standard InChI is InChI=1S/C19H21N3O3S2/c1-12-7-8-20-18(9-12)21-27(24,25)15-5-6-17-16(10-15)22(11-13(2)26-17)19(23)14-3-4-14/h5-10,13-14H,3-4,11H2,1-2H3,(H,20,21). The Morgan fingerprint density at radius 2 is 2.04 bits per heavy atom. The monoisotopic (exact) mass is 403 g/mol. The maximum atomic E-state index is 12.8. The van der Waals surface area contributed by atoms with E-state index in [2.05, 4.69) is 16.6 Å². The van der Waals surface area contributed by atoms with Gasteiger partial charge >= 0.3 is 0 Å². The van der Waals surface area contributed by atoms with Crippen LogP contribution in [0.1, 0.15) is 25.3 Å². The summed E-state index contributed by atoms with van der Waals surface area (Å²) in [7, 11) is -3.79. The van der Waals surface area contributed by atoms with Gasteiger partial charge in [0.05, 0.1) is 10.6 Å². The minimum atomic E-state index is -3.79. The topological polar surface area (TPSA) is 79.4 Å². The molecule has 27 heavy (non-hydrogen) atoms. The van der Waals surface area contributed by atoms with Crippen molar-refractivity contribution in [2.45, 2.75) is 41.7 Å². The van der Waals surface area contributed by atoms with E-state index in [-0.39, 0.29) is 27.8 Å². The van der Waals surface area contributed by atoms with Crippen LogP contribution in [0, 0.1) is 12.8 Å². The Morgan fingerprint density at radius 3 is 2.74 bits per heavy atom. The molecule has 2 heterocycles. The third kappa shape index (κ3) is 3.82. The number of anilines is 2. The van der Waals surface area contributed by atoms with Crippen molar-refractivity contribution < 1.29 is 13.2 Å². The van der Waals surface area contributed by atoms with E-state index in [0.29, 0.717) is 12.2 Å². The van der Waals surface area contributed by atoms with Gasteiger partial charge in [0.15, 0.2) is 0 Å². The number of aryl methyl sites for hydroxylation is 1. The Labute approximate surface area is 163 Å². The molecule has 1 saturated carbocycles. The summed E-state index contributed by atoms with van der Waals surface area (Å²) in [6, 6.07) is 8.46. The van der Waals surface area contributed by atoms with Gasteiger partial charge < -0.3 is 4.90 Å². The Bertz CT molecular complexity index is 1000. The van der Waals surface area contributed by atoms with E-state index in [9.17, 15) is 13.2 Å². The maximum absolute atomic E-state index is 12.8. The minimum absolute atomic E-state index is 0.0861.